The van der Waals surface area contributed by atoms with Gasteiger partial charge in [-0.05, 0) is 19.1 Å². The molecule has 16 heteroatoms. The van der Waals surface area contributed by atoms with Crippen LogP contribution in [0.1, 0.15) is 5.56 Å². The second kappa shape index (κ2) is 34.7. The van der Waals surface area contributed by atoms with E-state index < -0.39 is 10.1 Å². The summed E-state index contributed by atoms with van der Waals surface area (Å²) >= 11 is 0. The Morgan fingerprint density at radius 1 is 0.429 bits per heavy atom. The maximum atomic E-state index is 12.1. The molecule has 0 saturated carbocycles. The topological polar surface area (TPSA) is 154 Å². The van der Waals surface area contributed by atoms with Gasteiger partial charge in [0.15, 0.2) is 0 Å². The molecule has 0 fully saturated rings. The zero-order valence-electron chi connectivity index (χ0n) is 29.1. The second-order valence-electron chi connectivity index (χ2n) is 9.86. The van der Waals surface area contributed by atoms with E-state index >= 15 is 0 Å². The minimum atomic E-state index is -3.78. The molecule has 0 aliphatic heterocycles. The van der Waals surface area contributed by atoms with Gasteiger partial charge in [0.1, 0.15) is 6.61 Å². The highest BCUT2D eigenvalue weighted by molar-refractivity contribution is 7.86. The quantitative estimate of drug-likeness (QED) is 0.0552. The molecule has 0 aliphatic carbocycles. The number of hydrogen-bond donors (Lipinski definition) is 0. The molecule has 0 radical (unpaired) electrons. The summed E-state index contributed by atoms with van der Waals surface area (Å²) in [4.78, 5) is 0.126. The molecule has 0 unspecified atom stereocenters. The summed E-state index contributed by atoms with van der Waals surface area (Å²) in [5.41, 5.74) is 0.974. The first kappa shape index (κ1) is 45.3. The van der Waals surface area contributed by atoms with Crippen molar-refractivity contribution in [1.82, 2.24) is 0 Å². The number of hydrogen-bond acceptors (Lipinski definition) is 15. The molecule has 0 aliphatic rings. The summed E-state index contributed by atoms with van der Waals surface area (Å²) in [5.74, 6) is 0. The zero-order valence-corrected chi connectivity index (χ0v) is 29.9. The van der Waals surface area contributed by atoms with Crippen molar-refractivity contribution in [3.63, 3.8) is 0 Å². The molecule has 0 heterocycles. The summed E-state index contributed by atoms with van der Waals surface area (Å²) in [5, 5.41) is 0. The third-order valence-corrected chi connectivity index (χ3v) is 7.29. The van der Waals surface area contributed by atoms with E-state index in [2.05, 4.69) is 6.58 Å². The van der Waals surface area contributed by atoms with Crippen LogP contribution in [-0.2, 0) is 71.1 Å². The van der Waals surface area contributed by atoms with Crippen molar-refractivity contribution in [3.8, 4) is 0 Å². The smallest absolute Gasteiger partial charge is 0.297 e. The molecule has 0 bridgehead atoms. The molecule has 0 N–H and O–H groups in total. The van der Waals surface area contributed by atoms with Crippen LogP contribution in [0, 0.1) is 6.92 Å². The van der Waals surface area contributed by atoms with Gasteiger partial charge in [0, 0.05) is 0 Å². The van der Waals surface area contributed by atoms with Crippen molar-refractivity contribution in [2.75, 3.05) is 159 Å². The van der Waals surface area contributed by atoms with Gasteiger partial charge in [0.05, 0.1) is 163 Å². The molecular formula is C33H58O15S. The van der Waals surface area contributed by atoms with Gasteiger partial charge in [-0.15, -0.1) is 0 Å². The van der Waals surface area contributed by atoms with E-state index in [1.807, 2.05) is 6.92 Å². The molecule has 1 aromatic carbocycles. The molecule has 1 rings (SSSR count). The molecule has 15 nitrogen and oxygen atoms in total. The predicted octanol–water partition coefficient (Wildman–Crippen LogP) is 2.04. The van der Waals surface area contributed by atoms with E-state index in [1.165, 1.54) is 18.4 Å². The minimum Gasteiger partial charge on any atom is -0.499 e. The third-order valence-electron chi connectivity index (χ3n) is 5.96. The number of ether oxygens (including phenoxy) is 12. The molecule has 0 atom stereocenters. The van der Waals surface area contributed by atoms with Crippen LogP contribution in [0.25, 0.3) is 0 Å². The lowest BCUT2D eigenvalue weighted by Gasteiger charge is -2.09. The molecule has 0 saturated heterocycles. The Kier molecular flexibility index (Phi) is 32.0. The van der Waals surface area contributed by atoms with Crippen molar-refractivity contribution in [2.45, 2.75) is 11.8 Å². The Labute approximate surface area is 292 Å². The zero-order chi connectivity index (χ0) is 35.4. The lowest BCUT2D eigenvalue weighted by Crippen LogP contribution is -2.16. The highest BCUT2D eigenvalue weighted by atomic mass is 32.2. The Morgan fingerprint density at radius 3 is 0.939 bits per heavy atom. The van der Waals surface area contributed by atoms with Gasteiger partial charge < -0.3 is 56.8 Å². The van der Waals surface area contributed by atoms with Crippen LogP contribution < -0.4 is 0 Å². The van der Waals surface area contributed by atoms with Crippen LogP contribution in [0.5, 0.6) is 0 Å². The van der Waals surface area contributed by atoms with Crippen LogP contribution in [0.2, 0.25) is 0 Å². The monoisotopic (exact) mass is 726 g/mol. The van der Waals surface area contributed by atoms with Crippen molar-refractivity contribution in [3.05, 3.63) is 42.7 Å². The van der Waals surface area contributed by atoms with E-state index in [0.717, 1.165) is 5.56 Å². The van der Waals surface area contributed by atoms with Gasteiger partial charge in [-0.25, -0.2) is 0 Å². The van der Waals surface area contributed by atoms with Crippen LogP contribution in [-0.4, -0.2) is 167 Å². The van der Waals surface area contributed by atoms with Crippen molar-refractivity contribution >= 4 is 10.1 Å². The fourth-order valence-corrected chi connectivity index (χ4v) is 4.36. The lowest BCUT2D eigenvalue weighted by molar-refractivity contribution is -0.0280. The predicted molar refractivity (Wildman–Crippen MR) is 179 cm³/mol. The third kappa shape index (κ3) is 30.8. The minimum absolute atomic E-state index is 0.0613. The first-order valence-electron chi connectivity index (χ1n) is 16.6. The number of rotatable bonds is 39. The summed E-state index contributed by atoms with van der Waals surface area (Å²) in [6.45, 7) is 15.8. The van der Waals surface area contributed by atoms with Crippen molar-refractivity contribution in [1.29, 1.82) is 0 Å². The highest BCUT2D eigenvalue weighted by Gasteiger charge is 2.14. The Balaban J connectivity index is 1.67. The van der Waals surface area contributed by atoms with Gasteiger partial charge in [-0.3, -0.25) is 4.18 Å². The lowest BCUT2D eigenvalue weighted by atomic mass is 10.2. The maximum absolute atomic E-state index is 12.1. The largest absolute Gasteiger partial charge is 0.499 e. The van der Waals surface area contributed by atoms with Gasteiger partial charge in [0.25, 0.3) is 10.1 Å². The Morgan fingerprint density at radius 2 is 0.673 bits per heavy atom. The van der Waals surface area contributed by atoms with E-state index in [4.69, 9.17) is 61.0 Å². The highest BCUT2D eigenvalue weighted by Crippen LogP contribution is 2.12. The Bertz CT molecular complexity index is 950. The van der Waals surface area contributed by atoms with Crippen molar-refractivity contribution < 1.29 is 69.4 Å². The molecule has 286 valence electrons. The molecule has 1 aromatic rings. The second-order valence-corrected chi connectivity index (χ2v) is 11.5. The molecular weight excluding hydrogens is 668 g/mol. The van der Waals surface area contributed by atoms with Gasteiger partial charge in [0.2, 0.25) is 0 Å². The normalized spacial score (nSPS) is 11.7. The average molecular weight is 727 g/mol. The first-order valence-corrected chi connectivity index (χ1v) is 18.0. The van der Waals surface area contributed by atoms with Gasteiger partial charge in [-0.2, -0.15) is 8.42 Å². The van der Waals surface area contributed by atoms with Crippen LogP contribution >= 0.6 is 0 Å². The average Bonchev–Trinajstić information content (AvgIpc) is 3.09. The van der Waals surface area contributed by atoms with Gasteiger partial charge in [-0.1, -0.05) is 24.3 Å². The van der Waals surface area contributed by atoms with Crippen LogP contribution in [0.4, 0.5) is 0 Å². The van der Waals surface area contributed by atoms with Crippen LogP contribution in [0.3, 0.4) is 0 Å². The molecule has 0 spiro atoms. The van der Waals surface area contributed by atoms with E-state index in [0.29, 0.717) is 145 Å². The fraction of sp³-hybridized carbons (Fsp3) is 0.758. The van der Waals surface area contributed by atoms with Gasteiger partial charge >= 0.3 is 0 Å². The fourth-order valence-electron chi connectivity index (χ4n) is 3.47. The van der Waals surface area contributed by atoms with Crippen LogP contribution in [0.15, 0.2) is 42.0 Å². The summed E-state index contributed by atoms with van der Waals surface area (Å²) in [6, 6.07) is 6.48. The van der Waals surface area contributed by atoms with Crippen molar-refractivity contribution in [2.24, 2.45) is 0 Å². The molecule has 49 heavy (non-hydrogen) atoms. The first-order chi connectivity index (χ1) is 24.1. The Hall–Kier alpha value is -1.77. The summed E-state index contributed by atoms with van der Waals surface area (Å²) in [7, 11) is -3.78. The standard InChI is InChI=1S/C33H58O15S/c1-3-36-8-9-37-10-11-38-12-13-39-14-15-40-16-17-41-18-19-42-20-21-43-22-23-44-24-25-45-26-27-46-28-29-47-30-31-48-49(34,35)33-6-4-32(2)5-7-33/h3-7H,1,8-31H2,2H3. The summed E-state index contributed by atoms with van der Waals surface area (Å²) in [6.07, 6.45) is 1.39. The maximum Gasteiger partial charge on any atom is 0.297 e. The van der Waals surface area contributed by atoms with E-state index in [1.54, 1.807) is 12.1 Å². The molecule has 0 amide bonds. The van der Waals surface area contributed by atoms with E-state index in [9.17, 15) is 8.42 Å². The molecule has 0 aromatic heterocycles. The SMILES string of the molecule is C=COCCOCCOCCOCCOCCOCCOCCOCCOCCOCCOCCOCCOS(=O)(=O)c1ccc(C)cc1. The number of benzene rings is 1. The number of aryl methyl sites for hydroxylation is 1. The summed E-state index contributed by atoms with van der Waals surface area (Å²) < 4.78 is 93.7. The van der Waals surface area contributed by atoms with E-state index in [-0.39, 0.29) is 18.1 Å².